The zero-order chi connectivity index (χ0) is 13.7. The molecule has 0 amide bonds. The third-order valence-electron chi connectivity index (χ3n) is 2.75. The zero-order valence-corrected chi connectivity index (χ0v) is 13.6. The lowest BCUT2D eigenvalue weighted by Gasteiger charge is -2.18. The van der Waals surface area contributed by atoms with Crippen LogP contribution in [0.5, 0.6) is 0 Å². The first-order valence-electron chi connectivity index (χ1n) is 6.28. The third-order valence-corrected chi connectivity index (χ3v) is 4.30. The molecular formula is C14H18BrN3S. The molecule has 1 N–H and O–H groups in total. The number of aromatic nitrogens is 1. The molecule has 2 rings (SSSR count). The number of hydrogen-bond donors (Lipinski definition) is 1. The first kappa shape index (κ1) is 14.5. The molecule has 5 heteroatoms. The average Bonchev–Trinajstić information content (AvgIpc) is 2.77. The number of anilines is 1. The van der Waals surface area contributed by atoms with E-state index in [1.165, 1.54) is 14.9 Å². The lowest BCUT2D eigenvalue weighted by Crippen LogP contribution is -2.18. The summed E-state index contributed by atoms with van der Waals surface area (Å²) in [5.74, 6) is 0.989. The van der Waals surface area contributed by atoms with E-state index < -0.39 is 0 Å². The quantitative estimate of drug-likeness (QED) is 0.862. The normalized spacial score (nSPS) is 10.9. The second kappa shape index (κ2) is 7.03. The molecule has 0 fully saturated rings. The number of rotatable bonds is 6. The van der Waals surface area contributed by atoms with E-state index in [1.54, 1.807) is 11.3 Å². The number of nitrogens with one attached hydrogen (secondary N) is 1. The molecule has 0 aliphatic heterocycles. The monoisotopic (exact) mass is 339 g/mol. The van der Waals surface area contributed by atoms with Crippen LogP contribution in [0.1, 0.15) is 18.1 Å². The summed E-state index contributed by atoms with van der Waals surface area (Å²) in [6, 6.07) is 6.30. The van der Waals surface area contributed by atoms with E-state index in [0.29, 0.717) is 0 Å². The van der Waals surface area contributed by atoms with E-state index in [1.807, 2.05) is 12.3 Å². The highest BCUT2D eigenvalue weighted by atomic mass is 79.9. The van der Waals surface area contributed by atoms with Crippen molar-refractivity contribution < 1.29 is 0 Å². The van der Waals surface area contributed by atoms with Gasteiger partial charge in [-0.15, -0.1) is 11.3 Å². The number of halogens is 1. The van der Waals surface area contributed by atoms with Gasteiger partial charge in [-0.2, -0.15) is 0 Å². The SMILES string of the molecule is CCNc1ncccc1CN(C)Cc1csc(Br)c1. The Labute approximate surface area is 126 Å². The summed E-state index contributed by atoms with van der Waals surface area (Å²) < 4.78 is 1.19. The summed E-state index contributed by atoms with van der Waals surface area (Å²) in [7, 11) is 2.13. The summed E-state index contributed by atoms with van der Waals surface area (Å²) in [4.78, 5) is 6.69. The topological polar surface area (TPSA) is 28.2 Å². The molecule has 0 unspecified atom stereocenters. The first-order chi connectivity index (χ1) is 9.19. The standard InChI is InChI=1S/C14H18BrN3S/c1-3-16-14-12(5-4-6-17-14)9-18(2)8-11-7-13(15)19-10-11/h4-7,10H,3,8-9H2,1-2H3,(H,16,17). The Hall–Kier alpha value is -0.910. The molecule has 0 aromatic carbocycles. The molecule has 19 heavy (non-hydrogen) atoms. The number of thiophene rings is 1. The van der Waals surface area contributed by atoms with Crippen molar-refractivity contribution in [2.45, 2.75) is 20.0 Å². The molecule has 3 nitrogen and oxygen atoms in total. The Morgan fingerprint density at radius 2 is 2.26 bits per heavy atom. The second-order valence-corrected chi connectivity index (χ2v) is 6.76. The van der Waals surface area contributed by atoms with Gasteiger partial charge in [0, 0.05) is 31.4 Å². The fourth-order valence-corrected chi connectivity index (χ4v) is 3.18. The third kappa shape index (κ3) is 4.30. The van der Waals surface area contributed by atoms with Gasteiger partial charge >= 0.3 is 0 Å². The summed E-state index contributed by atoms with van der Waals surface area (Å²) in [5, 5.41) is 5.50. The number of pyridine rings is 1. The predicted octanol–water partition coefficient (Wildman–Crippen LogP) is 3.97. The van der Waals surface area contributed by atoms with Gasteiger partial charge in [-0.05, 0) is 53.0 Å². The maximum atomic E-state index is 4.39. The van der Waals surface area contributed by atoms with Crippen molar-refractivity contribution >= 4 is 33.1 Å². The Bertz CT molecular complexity index is 527. The van der Waals surface area contributed by atoms with Crippen LogP contribution >= 0.6 is 27.3 Å². The highest BCUT2D eigenvalue weighted by Crippen LogP contribution is 2.22. The zero-order valence-electron chi connectivity index (χ0n) is 11.2. The summed E-state index contributed by atoms with van der Waals surface area (Å²) >= 11 is 5.23. The summed E-state index contributed by atoms with van der Waals surface area (Å²) in [6.07, 6.45) is 1.83. The van der Waals surface area contributed by atoms with E-state index in [4.69, 9.17) is 0 Å². The average molecular weight is 340 g/mol. The molecule has 2 aromatic rings. The number of nitrogens with zero attached hydrogens (tertiary/aromatic N) is 2. The molecular weight excluding hydrogens is 322 g/mol. The van der Waals surface area contributed by atoms with Gasteiger partial charge < -0.3 is 5.32 Å². The van der Waals surface area contributed by atoms with Crippen LogP contribution in [0.4, 0.5) is 5.82 Å². The van der Waals surface area contributed by atoms with Crippen molar-refractivity contribution in [1.82, 2.24) is 9.88 Å². The van der Waals surface area contributed by atoms with Crippen LogP contribution in [-0.2, 0) is 13.1 Å². The fourth-order valence-electron chi connectivity index (χ4n) is 1.98. The lowest BCUT2D eigenvalue weighted by molar-refractivity contribution is 0.319. The Morgan fingerprint density at radius 3 is 2.95 bits per heavy atom. The van der Waals surface area contributed by atoms with Gasteiger partial charge in [0.1, 0.15) is 5.82 Å². The second-order valence-electron chi connectivity index (χ2n) is 4.47. The van der Waals surface area contributed by atoms with Crippen LogP contribution in [0.25, 0.3) is 0 Å². The predicted molar refractivity (Wildman–Crippen MR) is 85.6 cm³/mol. The lowest BCUT2D eigenvalue weighted by atomic mass is 10.2. The number of hydrogen-bond acceptors (Lipinski definition) is 4. The minimum atomic E-state index is 0.892. The molecule has 0 bridgehead atoms. The van der Waals surface area contributed by atoms with Crippen molar-refractivity contribution in [2.24, 2.45) is 0 Å². The van der Waals surface area contributed by atoms with Gasteiger partial charge in [0.25, 0.3) is 0 Å². The van der Waals surface area contributed by atoms with Crippen molar-refractivity contribution in [3.8, 4) is 0 Å². The maximum Gasteiger partial charge on any atom is 0.130 e. The molecule has 0 saturated carbocycles. The van der Waals surface area contributed by atoms with Gasteiger partial charge in [0.2, 0.25) is 0 Å². The molecule has 0 radical (unpaired) electrons. The van der Waals surface area contributed by atoms with Gasteiger partial charge in [-0.1, -0.05) is 6.07 Å². The Kier molecular flexibility index (Phi) is 5.36. The van der Waals surface area contributed by atoms with E-state index in [2.05, 4.69) is 62.6 Å². The molecule has 0 saturated heterocycles. The van der Waals surface area contributed by atoms with Crippen LogP contribution in [0.3, 0.4) is 0 Å². The minimum absolute atomic E-state index is 0.892. The van der Waals surface area contributed by atoms with Crippen molar-refractivity contribution in [3.63, 3.8) is 0 Å². The molecule has 2 heterocycles. The summed E-state index contributed by atoms with van der Waals surface area (Å²) in [5.41, 5.74) is 2.58. The maximum absolute atomic E-state index is 4.39. The van der Waals surface area contributed by atoms with Crippen LogP contribution in [0.15, 0.2) is 33.6 Å². The largest absolute Gasteiger partial charge is 0.370 e. The van der Waals surface area contributed by atoms with Gasteiger partial charge in [0.05, 0.1) is 3.79 Å². The van der Waals surface area contributed by atoms with E-state index in [9.17, 15) is 0 Å². The molecule has 0 atom stereocenters. The van der Waals surface area contributed by atoms with Crippen molar-refractivity contribution in [3.05, 3.63) is 44.7 Å². The van der Waals surface area contributed by atoms with Crippen molar-refractivity contribution in [1.29, 1.82) is 0 Å². The fraction of sp³-hybridized carbons (Fsp3) is 0.357. The van der Waals surface area contributed by atoms with Crippen LogP contribution in [0, 0.1) is 0 Å². The highest BCUT2D eigenvalue weighted by molar-refractivity contribution is 9.11. The van der Waals surface area contributed by atoms with E-state index in [-0.39, 0.29) is 0 Å². The van der Waals surface area contributed by atoms with Crippen LogP contribution in [-0.4, -0.2) is 23.5 Å². The highest BCUT2D eigenvalue weighted by Gasteiger charge is 2.07. The van der Waals surface area contributed by atoms with E-state index in [0.717, 1.165) is 25.5 Å². The van der Waals surface area contributed by atoms with Gasteiger partial charge in [-0.25, -0.2) is 4.98 Å². The Balaban J connectivity index is 2.00. The molecule has 102 valence electrons. The molecule has 2 aromatic heterocycles. The first-order valence-corrected chi connectivity index (χ1v) is 7.95. The van der Waals surface area contributed by atoms with Gasteiger partial charge in [-0.3, -0.25) is 4.90 Å². The molecule has 0 aliphatic carbocycles. The smallest absolute Gasteiger partial charge is 0.130 e. The molecule has 0 spiro atoms. The molecule has 0 aliphatic rings. The van der Waals surface area contributed by atoms with E-state index >= 15 is 0 Å². The van der Waals surface area contributed by atoms with Crippen LogP contribution < -0.4 is 5.32 Å². The summed E-state index contributed by atoms with van der Waals surface area (Å²) in [6.45, 7) is 4.82. The Morgan fingerprint density at radius 1 is 1.42 bits per heavy atom. The van der Waals surface area contributed by atoms with Crippen molar-refractivity contribution in [2.75, 3.05) is 18.9 Å². The van der Waals surface area contributed by atoms with Gasteiger partial charge in [0.15, 0.2) is 0 Å². The minimum Gasteiger partial charge on any atom is -0.370 e. The van der Waals surface area contributed by atoms with Crippen LogP contribution in [0.2, 0.25) is 0 Å².